The Balaban J connectivity index is 1.85. The van der Waals surface area contributed by atoms with E-state index in [2.05, 4.69) is 24.8 Å². The van der Waals surface area contributed by atoms with Gasteiger partial charge < -0.3 is 9.64 Å². The Morgan fingerprint density at radius 1 is 1.07 bits per heavy atom. The molecule has 5 heteroatoms. The van der Waals surface area contributed by atoms with Gasteiger partial charge in [0.1, 0.15) is 6.61 Å². The molecule has 30 heavy (non-hydrogen) atoms. The summed E-state index contributed by atoms with van der Waals surface area (Å²) in [5.41, 5.74) is 4.89. The van der Waals surface area contributed by atoms with Crippen molar-refractivity contribution in [2.75, 3.05) is 32.5 Å². The van der Waals surface area contributed by atoms with E-state index in [-0.39, 0.29) is 12.4 Å². The number of hydrogen-bond donors (Lipinski definition) is 0. The molecule has 0 heterocycles. The highest BCUT2D eigenvalue weighted by Crippen LogP contribution is 2.41. The minimum atomic E-state index is -1.15. The predicted molar refractivity (Wildman–Crippen MR) is 124 cm³/mol. The molecule has 1 unspecified atom stereocenters. The second kappa shape index (κ2) is 10.5. The van der Waals surface area contributed by atoms with Gasteiger partial charge >= 0.3 is 5.97 Å². The zero-order valence-electron chi connectivity index (χ0n) is 17.9. The lowest BCUT2D eigenvalue weighted by molar-refractivity contribution is -0.142. The number of hydrogen-bond acceptors (Lipinski definition) is 4. The van der Waals surface area contributed by atoms with Gasteiger partial charge in [-0.25, -0.2) is 0 Å². The Bertz CT molecular complexity index is 975. The molecular formula is C25H29NO3S. The van der Waals surface area contributed by atoms with Crippen LogP contribution in [0.2, 0.25) is 0 Å². The van der Waals surface area contributed by atoms with E-state index in [1.165, 1.54) is 0 Å². The predicted octanol–water partition coefficient (Wildman–Crippen LogP) is 4.64. The molecule has 2 aromatic carbocycles. The fraction of sp³-hybridized carbons (Fsp3) is 0.320. The van der Waals surface area contributed by atoms with Gasteiger partial charge in [0.15, 0.2) is 0 Å². The van der Waals surface area contributed by atoms with Crippen molar-refractivity contribution >= 4 is 34.0 Å². The van der Waals surface area contributed by atoms with Crippen LogP contribution in [0.3, 0.4) is 0 Å². The third-order valence-corrected chi connectivity index (χ3v) is 6.28. The quantitative estimate of drug-likeness (QED) is 0.552. The molecular weight excluding hydrogens is 394 g/mol. The van der Waals surface area contributed by atoms with Crippen molar-refractivity contribution in [1.82, 2.24) is 4.90 Å². The number of fused-ring (bicyclic) bond motifs is 1. The van der Waals surface area contributed by atoms with E-state index in [1.54, 1.807) is 6.26 Å². The van der Waals surface area contributed by atoms with Crippen LogP contribution in [-0.2, 0) is 20.3 Å². The Labute approximate surface area is 181 Å². The number of nitrogens with zero attached hydrogens (tertiary/aromatic N) is 1. The number of carbonyl (C=O) groups excluding carboxylic acids is 1. The van der Waals surface area contributed by atoms with Crippen molar-refractivity contribution in [3.05, 3.63) is 71.3 Å². The first kappa shape index (κ1) is 22.2. The van der Waals surface area contributed by atoms with Crippen molar-refractivity contribution in [3.8, 4) is 0 Å². The molecule has 0 saturated heterocycles. The van der Waals surface area contributed by atoms with Crippen LogP contribution in [0, 0.1) is 0 Å². The van der Waals surface area contributed by atoms with Gasteiger partial charge in [-0.05, 0) is 53.6 Å². The van der Waals surface area contributed by atoms with E-state index in [4.69, 9.17) is 4.74 Å². The van der Waals surface area contributed by atoms with Crippen LogP contribution in [0.1, 0.15) is 37.0 Å². The van der Waals surface area contributed by atoms with Crippen molar-refractivity contribution in [2.24, 2.45) is 0 Å². The molecule has 0 aromatic heterocycles. The van der Waals surface area contributed by atoms with Gasteiger partial charge in [-0.15, -0.1) is 0 Å². The average Bonchev–Trinajstić information content (AvgIpc) is 3.09. The van der Waals surface area contributed by atoms with Gasteiger partial charge in [0.05, 0.1) is 17.2 Å². The third-order valence-electron chi connectivity index (χ3n) is 5.32. The zero-order valence-corrected chi connectivity index (χ0v) is 18.7. The van der Waals surface area contributed by atoms with Crippen molar-refractivity contribution < 1.29 is 13.7 Å². The monoisotopic (exact) mass is 423 g/mol. The van der Waals surface area contributed by atoms with Gasteiger partial charge in [0.2, 0.25) is 0 Å². The first-order valence-corrected chi connectivity index (χ1v) is 11.9. The first-order valence-electron chi connectivity index (χ1n) is 10.4. The highest BCUT2D eigenvalue weighted by atomic mass is 32.2. The van der Waals surface area contributed by atoms with E-state index >= 15 is 0 Å². The Kier molecular flexibility index (Phi) is 7.77. The topological polar surface area (TPSA) is 46.6 Å². The van der Waals surface area contributed by atoms with Crippen molar-refractivity contribution in [1.29, 1.82) is 0 Å². The molecule has 0 saturated carbocycles. The van der Waals surface area contributed by atoms with E-state index in [9.17, 15) is 9.00 Å². The highest BCUT2D eigenvalue weighted by molar-refractivity contribution is 7.84. The molecule has 1 aliphatic carbocycles. The summed E-state index contributed by atoms with van der Waals surface area (Å²) in [7, 11) is -1.15. The van der Waals surface area contributed by atoms with E-state index in [1.807, 2.05) is 54.6 Å². The molecule has 1 aliphatic rings. The maximum Gasteiger partial charge on any atom is 0.310 e. The summed E-state index contributed by atoms with van der Waals surface area (Å²) in [5, 5.41) is 0. The summed E-state index contributed by atoms with van der Waals surface area (Å²) in [6.07, 6.45) is 5.97. The first-order chi connectivity index (χ1) is 14.5. The minimum Gasteiger partial charge on any atom is -0.464 e. The van der Waals surface area contributed by atoms with Crippen molar-refractivity contribution in [3.63, 3.8) is 0 Å². The molecule has 1 atom stereocenters. The SMILES string of the molecule is CCN(CC)CCOC(=O)CC1=CC(=Cc2ccccc2)c2cccc(S(C)=O)c21. The smallest absolute Gasteiger partial charge is 0.310 e. The van der Waals surface area contributed by atoms with Gasteiger partial charge in [-0.2, -0.15) is 0 Å². The van der Waals surface area contributed by atoms with Crippen LogP contribution >= 0.6 is 0 Å². The second-order valence-corrected chi connectivity index (χ2v) is 8.58. The van der Waals surface area contributed by atoms with Gasteiger partial charge in [-0.1, -0.05) is 56.3 Å². The fourth-order valence-corrected chi connectivity index (χ4v) is 4.50. The number of benzene rings is 2. The molecule has 0 N–H and O–H groups in total. The number of rotatable bonds is 9. The molecule has 0 bridgehead atoms. The van der Waals surface area contributed by atoms with E-state index < -0.39 is 10.8 Å². The largest absolute Gasteiger partial charge is 0.464 e. The molecule has 0 fully saturated rings. The maximum absolute atomic E-state index is 12.5. The maximum atomic E-state index is 12.5. The van der Waals surface area contributed by atoms with E-state index in [0.717, 1.165) is 52.4 Å². The molecule has 0 amide bonds. The number of likely N-dealkylation sites (N-methyl/N-ethyl adjacent to an activating group) is 1. The molecule has 3 rings (SSSR count). The number of ether oxygens (including phenoxy) is 1. The van der Waals surface area contributed by atoms with Crippen molar-refractivity contribution in [2.45, 2.75) is 25.2 Å². The van der Waals surface area contributed by atoms with Crippen LogP contribution in [0.5, 0.6) is 0 Å². The van der Waals surface area contributed by atoms with Crippen LogP contribution < -0.4 is 0 Å². The molecule has 2 aromatic rings. The zero-order chi connectivity index (χ0) is 21.5. The molecule has 158 valence electrons. The van der Waals surface area contributed by atoms with Gasteiger partial charge in [-0.3, -0.25) is 9.00 Å². The highest BCUT2D eigenvalue weighted by Gasteiger charge is 2.25. The number of carbonyl (C=O) groups is 1. The Morgan fingerprint density at radius 3 is 2.47 bits per heavy atom. The molecule has 0 spiro atoms. The molecule has 4 nitrogen and oxygen atoms in total. The molecule has 0 aliphatic heterocycles. The summed E-state index contributed by atoms with van der Waals surface area (Å²) < 4.78 is 17.8. The van der Waals surface area contributed by atoms with Gasteiger partial charge in [0.25, 0.3) is 0 Å². The van der Waals surface area contributed by atoms with Crippen LogP contribution in [-0.4, -0.2) is 47.6 Å². The lowest BCUT2D eigenvalue weighted by Gasteiger charge is -2.17. The Hall–Kier alpha value is -2.50. The van der Waals surface area contributed by atoms with Crippen LogP contribution in [0.4, 0.5) is 0 Å². The van der Waals surface area contributed by atoms with Crippen LogP contribution in [0.25, 0.3) is 17.2 Å². The van der Waals surface area contributed by atoms with E-state index in [0.29, 0.717) is 6.61 Å². The fourth-order valence-electron chi connectivity index (χ4n) is 3.70. The third kappa shape index (κ3) is 5.35. The lowest BCUT2D eigenvalue weighted by atomic mass is 10.0. The number of allylic oxidation sites excluding steroid dienone is 2. The Morgan fingerprint density at radius 2 is 1.80 bits per heavy atom. The second-order valence-electron chi connectivity index (χ2n) is 7.24. The number of esters is 1. The summed E-state index contributed by atoms with van der Waals surface area (Å²) in [4.78, 5) is 15.5. The minimum absolute atomic E-state index is 0.172. The van der Waals surface area contributed by atoms with Crippen LogP contribution in [0.15, 0.2) is 59.5 Å². The standard InChI is InChI=1S/C25H29NO3S/c1-4-26(5-2)14-15-29-24(27)18-21-17-20(16-19-10-7-6-8-11-19)22-12-9-13-23(25(21)22)30(3)28/h6-13,16-17H,4-5,14-15,18H2,1-3H3. The summed E-state index contributed by atoms with van der Waals surface area (Å²) >= 11 is 0. The summed E-state index contributed by atoms with van der Waals surface area (Å²) in [6, 6.07) is 15.9. The lowest BCUT2D eigenvalue weighted by Crippen LogP contribution is -2.27. The molecule has 0 radical (unpaired) electrons. The normalized spacial score (nSPS) is 15.2. The summed E-state index contributed by atoms with van der Waals surface area (Å²) in [5.74, 6) is -0.253. The van der Waals surface area contributed by atoms with Gasteiger partial charge in [0, 0.05) is 23.3 Å². The average molecular weight is 424 g/mol. The summed E-state index contributed by atoms with van der Waals surface area (Å²) in [6.45, 7) is 7.18.